The minimum atomic E-state index is 1.14. The van der Waals surface area contributed by atoms with E-state index in [-0.39, 0.29) is 0 Å². The largest absolute Gasteiger partial charge is 0.307 e. The van der Waals surface area contributed by atoms with E-state index in [4.69, 9.17) is 0 Å². The zero-order valence-corrected chi connectivity index (χ0v) is 28.4. The Bertz CT molecular complexity index is 3090. The van der Waals surface area contributed by atoms with Crippen LogP contribution in [0.5, 0.6) is 0 Å². The predicted molar refractivity (Wildman–Crippen MR) is 221 cm³/mol. The Labute approximate surface area is 301 Å². The molecule has 0 aliphatic carbocycles. The maximum absolute atomic E-state index is 2.54. The maximum atomic E-state index is 2.54. The topological polar surface area (TPSA) is 9.86 Å². The quantitative estimate of drug-likeness (QED) is 0.178. The molecule has 0 spiro atoms. The van der Waals surface area contributed by atoms with Crippen LogP contribution in [0.4, 0.5) is 0 Å². The molecule has 2 heteroatoms. The van der Waals surface area contributed by atoms with Gasteiger partial charge in [-0.1, -0.05) is 152 Å². The normalized spacial score (nSPS) is 11.8. The third-order valence-corrected chi connectivity index (χ3v) is 10.8. The third-order valence-electron chi connectivity index (χ3n) is 10.8. The number of para-hydroxylation sites is 2. The fourth-order valence-corrected chi connectivity index (χ4v) is 8.65. The Morgan fingerprint density at radius 1 is 0.269 bits per heavy atom. The van der Waals surface area contributed by atoms with Crippen molar-refractivity contribution in [3.8, 4) is 33.6 Å². The Kier molecular flexibility index (Phi) is 6.28. The molecule has 2 nitrogen and oxygen atoms in total. The van der Waals surface area contributed by atoms with E-state index in [1.165, 1.54) is 87.4 Å². The number of hydrogen-bond acceptors (Lipinski definition) is 0. The average molecular weight is 661 g/mol. The van der Waals surface area contributed by atoms with Gasteiger partial charge in [0.15, 0.2) is 0 Å². The lowest BCUT2D eigenvalue weighted by Crippen LogP contribution is -2.00. The van der Waals surface area contributed by atoms with Gasteiger partial charge in [-0.25, -0.2) is 0 Å². The van der Waals surface area contributed by atoms with Crippen LogP contribution in [0.15, 0.2) is 194 Å². The molecule has 0 radical (unpaired) electrons. The Morgan fingerprint density at radius 3 is 1.44 bits per heavy atom. The minimum absolute atomic E-state index is 1.14. The van der Waals surface area contributed by atoms with Gasteiger partial charge >= 0.3 is 0 Å². The van der Waals surface area contributed by atoms with Gasteiger partial charge in [0.1, 0.15) is 0 Å². The van der Waals surface area contributed by atoms with Gasteiger partial charge in [0.25, 0.3) is 0 Å². The SMILES string of the molecule is c1ccc(-c2cc(-c3ccccc3)cc(-n3c4ccccc4c4c5ccccc5c5c6c7ccccc7ccc6n(-c6ccccc6)c5c43)c2)cc1. The fourth-order valence-electron chi connectivity index (χ4n) is 8.65. The molecule has 0 unspecified atom stereocenters. The second kappa shape index (κ2) is 11.3. The van der Waals surface area contributed by atoms with Gasteiger partial charge in [-0.05, 0) is 86.3 Å². The number of hydrogen-bond donors (Lipinski definition) is 0. The lowest BCUT2D eigenvalue weighted by Gasteiger charge is -2.16. The molecule has 2 aromatic heterocycles. The monoisotopic (exact) mass is 660 g/mol. The molecule has 2 heterocycles. The van der Waals surface area contributed by atoms with E-state index in [9.17, 15) is 0 Å². The lowest BCUT2D eigenvalue weighted by molar-refractivity contribution is 1.15. The van der Waals surface area contributed by atoms with Crippen molar-refractivity contribution in [1.29, 1.82) is 0 Å². The molecule has 0 bridgehead atoms. The van der Waals surface area contributed by atoms with E-state index in [0.717, 1.165) is 11.4 Å². The summed E-state index contributed by atoms with van der Waals surface area (Å²) in [5, 5.41) is 10.1. The minimum Gasteiger partial charge on any atom is -0.307 e. The van der Waals surface area contributed by atoms with E-state index in [1.807, 2.05) is 0 Å². The molecule has 0 aliphatic rings. The van der Waals surface area contributed by atoms with E-state index >= 15 is 0 Å². The first-order valence-electron chi connectivity index (χ1n) is 17.9. The molecule has 0 N–H and O–H groups in total. The van der Waals surface area contributed by atoms with Gasteiger partial charge in [0, 0.05) is 32.9 Å². The highest BCUT2D eigenvalue weighted by Gasteiger charge is 2.25. The van der Waals surface area contributed by atoms with Crippen LogP contribution in [-0.4, -0.2) is 9.13 Å². The van der Waals surface area contributed by atoms with Gasteiger partial charge in [-0.15, -0.1) is 0 Å². The summed E-state index contributed by atoms with van der Waals surface area (Å²) < 4.78 is 5.05. The van der Waals surface area contributed by atoms with Gasteiger partial charge in [0.05, 0.1) is 22.1 Å². The molecule has 0 saturated carbocycles. The van der Waals surface area contributed by atoms with Crippen LogP contribution in [0, 0.1) is 0 Å². The number of fused-ring (bicyclic) bond motifs is 12. The summed E-state index contributed by atoms with van der Waals surface area (Å²) in [4.78, 5) is 0. The van der Waals surface area contributed by atoms with Crippen molar-refractivity contribution < 1.29 is 0 Å². The third kappa shape index (κ3) is 4.19. The molecular formula is C50H32N2. The van der Waals surface area contributed by atoms with Crippen molar-refractivity contribution in [1.82, 2.24) is 9.13 Å². The second-order valence-electron chi connectivity index (χ2n) is 13.7. The zero-order valence-electron chi connectivity index (χ0n) is 28.4. The number of nitrogens with zero attached hydrogens (tertiary/aromatic N) is 2. The van der Waals surface area contributed by atoms with Gasteiger partial charge in [-0.3, -0.25) is 0 Å². The summed E-state index contributed by atoms with van der Waals surface area (Å²) >= 11 is 0. The molecule has 9 aromatic carbocycles. The van der Waals surface area contributed by atoms with Crippen LogP contribution < -0.4 is 0 Å². The lowest BCUT2D eigenvalue weighted by atomic mass is 9.96. The highest BCUT2D eigenvalue weighted by atomic mass is 15.0. The molecule has 242 valence electrons. The Morgan fingerprint density at radius 2 is 0.769 bits per heavy atom. The summed E-state index contributed by atoms with van der Waals surface area (Å²) in [6.45, 7) is 0. The first-order chi connectivity index (χ1) is 25.8. The van der Waals surface area contributed by atoms with Crippen molar-refractivity contribution in [3.63, 3.8) is 0 Å². The fraction of sp³-hybridized carbons (Fsp3) is 0. The summed E-state index contributed by atoms with van der Waals surface area (Å²) in [5.74, 6) is 0. The summed E-state index contributed by atoms with van der Waals surface area (Å²) in [7, 11) is 0. The Balaban J connectivity index is 1.42. The van der Waals surface area contributed by atoms with Gasteiger partial charge < -0.3 is 9.13 Å². The van der Waals surface area contributed by atoms with Crippen LogP contribution in [-0.2, 0) is 0 Å². The zero-order chi connectivity index (χ0) is 34.2. The van der Waals surface area contributed by atoms with Crippen molar-refractivity contribution in [2.45, 2.75) is 0 Å². The summed E-state index contributed by atoms with van der Waals surface area (Å²) in [6, 6.07) is 70.9. The van der Waals surface area contributed by atoms with E-state index < -0.39 is 0 Å². The summed E-state index contributed by atoms with van der Waals surface area (Å²) in [6.07, 6.45) is 0. The maximum Gasteiger partial charge on any atom is 0.0795 e. The standard InChI is InChI=1S/C50H32N2/c1-4-16-33(17-5-1)36-30-37(34-18-6-2-7-19-34)32-39(31-36)52-44-27-15-14-26-43(44)46-41-24-12-13-25-42(41)48-47-40-23-11-10-20-35(40)28-29-45(47)51(50(48)49(46)52)38-21-8-3-9-22-38/h1-32H. The molecule has 52 heavy (non-hydrogen) atoms. The molecule has 0 aliphatic heterocycles. The van der Waals surface area contributed by atoms with Crippen LogP contribution >= 0.6 is 0 Å². The molecule has 0 fully saturated rings. The van der Waals surface area contributed by atoms with Crippen LogP contribution in [0.3, 0.4) is 0 Å². The number of aromatic nitrogens is 2. The van der Waals surface area contributed by atoms with E-state index in [2.05, 4.69) is 203 Å². The molecular weight excluding hydrogens is 629 g/mol. The van der Waals surface area contributed by atoms with Crippen molar-refractivity contribution in [3.05, 3.63) is 194 Å². The molecule has 11 aromatic rings. The van der Waals surface area contributed by atoms with Crippen LogP contribution in [0.25, 0.3) is 98.8 Å². The highest BCUT2D eigenvalue weighted by molar-refractivity contribution is 6.39. The Hall–Kier alpha value is -6.90. The van der Waals surface area contributed by atoms with E-state index in [1.54, 1.807) is 0 Å². The van der Waals surface area contributed by atoms with Crippen molar-refractivity contribution >= 4 is 65.2 Å². The van der Waals surface area contributed by atoms with Gasteiger partial charge in [0.2, 0.25) is 0 Å². The van der Waals surface area contributed by atoms with Crippen LogP contribution in [0.1, 0.15) is 0 Å². The number of rotatable bonds is 4. The smallest absolute Gasteiger partial charge is 0.0795 e. The summed E-state index contributed by atoms with van der Waals surface area (Å²) in [5.41, 5.74) is 11.9. The number of benzene rings is 9. The highest BCUT2D eigenvalue weighted by Crippen LogP contribution is 2.48. The predicted octanol–water partition coefficient (Wildman–Crippen LogP) is 13.5. The van der Waals surface area contributed by atoms with Crippen molar-refractivity contribution in [2.24, 2.45) is 0 Å². The molecule has 0 saturated heterocycles. The first kappa shape index (κ1) is 28.9. The van der Waals surface area contributed by atoms with Gasteiger partial charge in [-0.2, -0.15) is 0 Å². The molecule has 0 atom stereocenters. The second-order valence-corrected chi connectivity index (χ2v) is 13.7. The van der Waals surface area contributed by atoms with E-state index in [0.29, 0.717) is 0 Å². The average Bonchev–Trinajstić information content (AvgIpc) is 3.76. The van der Waals surface area contributed by atoms with Crippen LogP contribution in [0.2, 0.25) is 0 Å². The molecule has 11 rings (SSSR count). The first-order valence-corrected chi connectivity index (χ1v) is 17.9. The molecule has 0 amide bonds. The van der Waals surface area contributed by atoms with Crippen molar-refractivity contribution in [2.75, 3.05) is 0 Å².